The van der Waals surface area contributed by atoms with Crippen molar-refractivity contribution in [2.45, 2.75) is 46.3 Å². The van der Waals surface area contributed by atoms with Crippen LogP contribution in [-0.2, 0) is 6.18 Å². The molecule has 0 saturated carbocycles. The fourth-order valence-corrected chi connectivity index (χ4v) is 2.96. The largest absolute Gasteiger partial charge is 0.421 e. The lowest BCUT2D eigenvalue weighted by Gasteiger charge is -2.11. The first-order valence-corrected chi connectivity index (χ1v) is 9.14. The van der Waals surface area contributed by atoms with Gasteiger partial charge in [-0.15, -0.1) is 0 Å². The molecule has 2 heterocycles. The van der Waals surface area contributed by atoms with Gasteiger partial charge >= 0.3 is 6.18 Å². The second-order valence-electron chi connectivity index (χ2n) is 7.09. The molecule has 29 heavy (non-hydrogen) atoms. The number of rotatable bonds is 4. The average molecular weight is 406 g/mol. The molecule has 0 bridgehead atoms. The predicted octanol–water partition coefficient (Wildman–Crippen LogP) is 3.85. The van der Waals surface area contributed by atoms with Gasteiger partial charge in [0.05, 0.1) is 11.9 Å². The molecular weight excluding hydrogens is 385 g/mol. The van der Waals surface area contributed by atoms with Crippen molar-refractivity contribution in [2.75, 3.05) is 0 Å². The number of fused-ring (bicyclic) bond motifs is 1. The van der Waals surface area contributed by atoms with Gasteiger partial charge in [-0.05, 0) is 49.9 Å². The molecule has 0 radical (unpaired) electrons. The molecule has 2 aromatic heterocycles. The molecule has 3 aromatic rings. The van der Waals surface area contributed by atoms with Crippen LogP contribution in [0.3, 0.4) is 0 Å². The Morgan fingerprint density at radius 3 is 2.55 bits per heavy atom. The molecule has 1 aromatic carbocycles. The molecule has 1 amide bonds. The van der Waals surface area contributed by atoms with Crippen LogP contribution in [-0.4, -0.2) is 26.5 Å². The van der Waals surface area contributed by atoms with E-state index in [1.165, 1.54) is 6.20 Å². The molecule has 0 unspecified atom stereocenters. The smallest absolute Gasteiger partial charge is 0.348 e. The zero-order valence-corrected chi connectivity index (χ0v) is 16.4. The number of alkyl halides is 3. The van der Waals surface area contributed by atoms with Crippen molar-refractivity contribution < 1.29 is 18.0 Å². The van der Waals surface area contributed by atoms with Gasteiger partial charge in [-0.2, -0.15) is 18.3 Å². The third-order valence-electron chi connectivity index (χ3n) is 4.93. The number of hydrogen-bond donors (Lipinski definition) is 2. The molecule has 2 N–H and O–H groups in total. The molecule has 0 fully saturated rings. The minimum atomic E-state index is -4.92. The number of hydrogen-bond acceptors (Lipinski definition) is 3. The van der Waals surface area contributed by atoms with E-state index in [1.807, 2.05) is 26.0 Å². The third-order valence-corrected chi connectivity index (χ3v) is 4.93. The lowest BCUT2D eigenvalue weighted by molar-refractivity contribution is -0.136. The average Bonchev–Trinajstić information content (AvgIpc) is 3.04. The number of amides is 1. The van der Waals surface area contributed by atoms with Crippen molar-refractivity contribution in [3.8, 4) is 11.3 Å². The molecule has 3 rings (SSSR count). The van der Waals surface area contributed by atoms with E-state index in [9.17, 15) is 22.8 Å². The Balaban J connectivity index is 2.23. The summed E-state index contributed by atoms with van der Waals surface area (Å²) < 4.78 is 41.9. The van der Waals surface area contributed by atoms with Crippen LogP contribution in [0.15, 0.2) is 29.2 Å². The molecule has 0 saturated heterocycles. The van der Waals surface area contributed by atoms with Crippen molar-refractivity contribution in [1.29, 1.82) is 0 Å². The van der Waals surface area contributed by atoms with Gasteiger partial charge < -0.3 is 10.3 Å². The van der Waals surface area contributed by atoms with Crippen LogP contribution in [0.5, 0.6) is 0 Å². The Bertz CT molecular complexity index is 1150. The molecule has 0 spiro atoms. The van der Waals surface area contributed by atoms with Gasteiger partial charge in [-0.1, -0.05) is 19.1 Å². The molecule has 154 valence electrons. The van der Waals surface area contributed by atoms with E-state index in [0.29, 0.717) is 17.7 Å². The molecule has 1 atom stereocenters. The van der Waals surface area contributed by atoms with E-state index < -0.39 is 34.4 Å². The number of benzene rings is 1. The van der Waals surface area contributed by atoms with Crippen LogP contribution in [0, 0.1) is 13.8 Å². The minimum Gasteiger partial charge on any atom is -0.348 e. The fourth-order valence-electron chi connectivity index (χ4n) is 2.96. The van der Waals surface area contributed by atoms with Gasteiger partial charge in [0, 0.05) is 6.04 Å². The van der Waals surface area contributed by atoms with Crippen LogP contribution in [0.1, 0.15) is 47.4 Å². The Morgan fingerprint density at radius 1 is 1.28 bits per heavy atom. The maximum atomic E-state index is 13.7. The number of nitrogens with one attached hydrogen (secondary N) is 2. The van der Waals surface area contributed by atoms with Crippen LogP contribution in [0.2, 0.25) is 0 Å². The van der Waals surface area contributed by atoms with Gasteiger partial charge in [0.2, 0.25) is 0 Å². The van der Waals surface area contributed by atoms with Gasteiger partial charge in [-0.25, -0.2) is 4.52 Å². The molecule has 6 nitrogen and oxygen atoms in total. The summed E-state index contributed by atoms with van der Waals surface area (Å²) in [5.74, 6) is -0.970. The molecule has 0 aliphatic heterocycles. The van der Waals surface area contributed by atoms with E-state index in [-0.39, 0.29) is 6.04 Å². The molecule has 0 aliphatic rings. The Hall–Kier alpha value is -3.10. The summed E-state index contributed by atoms with van der Waals surface area (Å²) in [7, 11) is 0. The summed E-state index contributed by atoms with van der Waals surface area (Å²) in [6.45, 7) is 7.28. The van der Waals surface area contributed by atoms with Gasteiger partial charge in [0.25, 0.3) is 11.5 Å². The number of carbonyl (C=O) groups is 1. The number of aromatic nitrogens is 3. The SMILES string of the molecule is CC[C@@H](C)NC(=O)c1nn2cc(-c3ccc(C)c(C)c3)[nH]c(=O)c2c1C(F)(F)F. The summed E-state index contributed by atoms with van der Waals surface area (Å²) in [6.07, 6.45) is -3.09. The number of halogens is 3. The van der Waals surface area contributed by atoms with Crippen molar-refractivity contribution in [1.82, 2.24) is 19.9 Å². The second kappa shape index (κ2) is 7.38. The zero-order chi connectivity index (χ0) is 21.5. The molecular formula is C20H21F3N4O2. The summed E-state index contributed by atoms with van der Waals surface area (Å²) >= 11 is 0. The Kier molecular flexibility index (Phi) is 5.25. The van der Waals surface area contributed by atoms with E-state index in [1.54, 1.807) is 19.9 Å². The van der Waals surface area contributed by atoms with Crippen LogP contribution < -0.4 is 10.9 Å². The number of aromatic amines is 1. The Labute approximate surface area is 164 Å². The third kappa shape index (κ3) is 3.90. The Morgan fingerprint density at radius 2 is 1.97 bits per heavy atom. The number of H-pyrrole nitrogens is 1. The first-order valence-electron chi connectivity index (χ1n) is 9.14. The maximum Gasteiger partial charge on any atom is 0.421 e. The monoisotopic (exact) mass is 406 g/mol. The lowest BCUT2D eigenvalue weighted by Crippen LogP contribution is -2.33. The predicted molar refractivity (Wildman–Crippen MR) is 103 cm³/mol. The second-order valence-corrected chi connectivity index (χ2v) is 7.09. The first-order chi connectivity index (χ1) is 13.5. The summed E-state index contributed by atoms with van der Waals surface area (Å²) in [5, 5.41) is 6.29. The summed E-state index contributed by atoms with van der Waals surface area (Å²) in [4.78, 5) is 27.4. The highest BCUT2D eigenvalue weighted by atomic mass is 19.4. The number of aryl methyl sites for hydroxylation is 2. The van der Waals surface area contributed by atoms with Crippen LogP contribution in [0.4, 0.5) is 13.2 Å². The van der Waals surface area contributed by atoms with E-state index in [4.69, 9.17) is 0 Å². The maximum absolute atomic E-state index is 13.7. The van der Waals surface area contributed by atoms with Gasteiger partial charge in [0.1, 0.15) is 11.1 Å². The van der Waals surface area contributed by atoms with Crippen molar-refractivity contribution in [3.63, 3.8) is 0 Å². The highest BCUT2D eigenvalue weighted by Crippen LogP contribution is 2.34. The lowest BCUT2D eigenvalue weighted by atomic mass is 10.0. The van der Waals surface area contributed by atoms with Crippen molar-refractivity contribution in [3.05, 3.63) is 57.1 Å². The highest BCUT2D eigenvalue weighted by Gasteiger charge is 2.41. The van der Waals surface area contributed by atoms with Crippen LogP contribution >= 0.6 is 0 Å². The minimum absolute atomic E-state index is 0.302. The van der Waals surface area contributed by atoms with E-state index in [0.717, 1.165) is 15.6 Å². The van der Waals surface area contributed by atoms with Crippen LogP contribution in [0.25, 0.3) is 16.8 Å². The van der Waals surface area contributed by atoms with Gasteiger partial charge in [0.15, 0.2) is 5.69 Å². The zero-order valence-electron chi connectivity index (χ0n) is 16.4. The molecule has 0 aliphatic carbocycles. The standard InChI is InChI=1S/C20H21F3N4O2/c1-5-12(4)24-18(28)16-15(20(21,22)23)17-19(29)25-14(9-27(17)26-16)13-7-6-10(2)11(3)8-13/h6-9,12H,5H2,1-4H3,(H,24,28)(H,25,29)/t12-/m1/s1. The van der Waals surface area contributed by atoms with Crippen molar-refractivity contribution >= 4 is 11.4 Å². The normalized spacial score (nSPS) is 12.9. The first kappa shape index (κ1) is 20.6. The van der Waals surface area contributed by atoms with Crippen molar-refractivity contribution in [2.24, 2.45) is 0 Å². The summed E-state index contributed by atoms with van der Waals surface area (Å²) in [6, 6.07) is 5.08. The highest BCUT2D eigenvalue weighted by molar-refractivity contribution is 5.96. The summed E-state index contributed by atoms with van der Waals surface area (Å²) in [5.41, 5.74) is -0.903. The quantitative estimate of drug-likeness (QED) is 0.691. The molecule has 9 heteroatoms. The van der Waals surface area contributed by atoms with E-state index in [2.05, 4.69) is 15.4 Å². The topological polar surface area (TPSA) is 79.3 Å². The van der Waals surface area contributed by atoms with E-state index >= 15 is 0 Å². The fraction of sp³-hybridized carbons (Fsp3) is 0.350. The number of carbonyl (C=O) groups excluding carboxylic acids is 1. The van der Waals surface area contributed by atoms with Gasteiger partial charge in [-0.3, -0.25) is 9.59 Å². The number of nitrogens with zero attached hydrogens (tertiary/aromatic N) is 2.